The van der Waals surface area contributed by atoms with Crippen molar-refractivity contribution >= 4 is 11.9 Å². The molecule has 6 nitrogen and oxygen atoms in total. The van der Waals surface area contributed by atoms with Crippen molar-refractivity contribution in [1.29, 1.82) is 0 Å². The van der Waals surface area contributed by atoms with Gasteiger partial charge in [-0.1, -0.05) is 25.8 Å². The molecule has 0 aliphatic rings. The van der Waals surface area contributed by atoms with Crippen molar-refractivity contribution in [3.63, 3.8) is 0 Å². The summed E-state index contributed by atoms with van der Waals surface area (Å²) in [4.78, 5) is 29.8. The van der Waals surface area contributed by atoms with Gasteiger partial charge in [-0.3, -0.25) is 9.78 Å². The van der Waals surface area contributed by atoms with Gasteiger partial charge in [0.25, 0.3) is 5.91 Å². The summed E-state index contributed by atoms with van der Waals surface area (Å²) in [6.07, 6.45) is 3.94. The summed E-state index contributed by atoms with van der Waals surface area (Å²) in [7, 11) is 1.57. The molecule has 1 heterocycles. The second-order valence-electron chi connectivity index (χ2n) is 7.83. The molecule has 29 heavy (non-hydrogen) atoms. The lowest BCUT2D eigenvalue weighted by Gasteiger charge is -2.24. The summed E-state index contributed by atoms with van der Waals surface area (Å²) in [5.74, 6) is -0.135. The summed E-state index contributed by atoms with van der Waals surface area (Å²) in [6, 6.07) is 9.98. The van der Waals surface area contributed by atoms with Crippen LogP contribution in [0, 0.1) is 0 Å². The number of amides is 1. The summed E-state index contributed by atoms with van der Waals surface area (Å²) in [5, 5.41) is 2.83. The van der Waals surface area contributed by atoms with E-state index in [9.17, 15) is 9.59 Å². The first-order valence-corrected chi connectivity index (χ1v) is 9.88. The molecule has 6 heteroatoms. The van der Waals surface area contributed by atoms with Gasteiger partial charge in [0.1, 0.15) is 17.4 Å². The Balaban J connectivity index is 2.26. The number of esters is 1. The fourth-order valence-electron chi connectivity index (χ4n) is 2.84. The van der Waals surface area contributed by atoms with Crippen LogP contribution in [0.1, 0.15) is 57.3 Å². The summed E-state index contributed by atoms with van der Waals surface area (Å²) in [6.45, 7) is 7.47. The molecule has 1 amide bonds. The summed E-state index contributed by atoms with van der Waals surface area (Å²) in [5.41, 5.74) is 1.23. The van der Waals surface area contributed by atoms with Crippen LogP contribution in [-0.2, 0) is 9.53 Å². The molecule has 0 fully saturated rings. The van der Waals surface area contributed by atoms with Crippen molar-refractivity contribution in [2.24, 2.45) is 0 Å². The SMILES string of the molecule is CCCC[C@H](NC(=O)c1ccc(OC)c(-c2ccccn2)c1)C(=O)OC(C)(C)C. The molecule has 2 aromatic rings. The zero-order valence-electron chi connectivity index (χ0n) is 17.8. The Morgan fingerprint density at radius 2 is 1.93 bits per heavy atom. The van der Waals surface area contributed by atoms with E-state index in [1.807, 2.05) is 45.9 Å². The van der Waals surface area contributed by atoms with Crippen molar-refractivity contribution < 1.29 is 19.1 Å². The first-order chi connectivity index (χ1) is 13.7. The van der Waals surface area contributed by atoms with Crippen LogP contribution in [0.2, 0.25) is 0 Å². The molecule has 0 unspecified atom stereocenters. The van der Waals surface area contributed by atoms with Crippen molar-refractivity contribution in [1.82, 2.24) is 10.3 Å². The molecule has 156 valence electrons. The maximum atomic E-state index is 12.9. The molecular formula is C23H30N2O4. The fraction of sp³-hybridized carbons (Fsp3) is 0.435. The maximum absolute atomic E-state index is 12.9. The lowest BCUT2D eigenvalue weighted by Crippen LogP contribution is -2.44. The largest absolute Gasteiger partial charge is 0.496 e. The van der Waals surface area contributed by atoms with Crippen molar-refractivity contribution in [2.45, 2.75) is 58.6 Å². The Kier molecular flexibility index (Phi) is 7.76. The topological polar surface area (TPSA) is 77.5 Å². The van der Waals surface area contributed by atoms with Gasteiger partial charge in [0, 0.05) is 17.3 Å². The number of nitrogens with zero attached hydrogens (tertiary/aromatic N) is 1. The van der Waals surface area contributed by atoms with Gasteiger partial charge in [-0.05, 0) is 57.5 Å². The smallest absolute Gasteiger partial charge is 0.329 e. The Bertz CT molecular complexity index is 829. The Morgan fingerprint density at radius 3 is 2.52 bits per heavy atom. The number of ether oxygens (including phenoxy) is 2. The number of carbonyl (C=O) groups excluding carboxylic acids is 2. The standard InChI is InChI=1S/C23H30N2O4/c1-6-7-10-19(22(27)29-23(2,3)4)25-21(26)16-12-13-20(28-5)17(15-16)18-11-8-9-14-24-18/h8-9,11-15,19H,6-7,10H2,1-5H3,(H,25,26)/t19-/m0/s1. The number of hydrogen-bond donors (Lipinski definition) is 1. The van der Waals surface area contributed by atoms with E-state index in [-0.39, 0.29) is 5.91 Å². The van der Waals surface area contributed by atoms with Crippen LogP contribution in [-0.4, -0.2) is 35.6 Å². The van der Waals surface area contributed by atoms with Gasteiger partial charge in [0.05, 0.1) is 12.8 Å². The quantitative estimate of drug-likeness (QED) is 0.668. The maximum Gasteiger partial charge on any atom is 0.329 e. The number of unbranched alkanes of at least 4 members (excludes halogenated alkanes) is 1. The zero-order chi connectivity index (χ0) is 21.4. The van der Waals surface area contributed by atoms with Gasteiger partial charge in [0.15, 0.2) is 0 Å². The van der Waals surface area contributed by atoms with E-state index >= 15 is 0 Å². The molecule has 0 spiro atoms. The zero-order valence-corrected chi connectivity index (χ0v) is 17.8. The lowest BCUT2D eigenvalue weighted by atomic mass is 10.0. The minimum absolute atomic E-state index is 0.336. The molecule has 0 aliphatic carbocycles. The van der Waals surface area contributed by atoms with E-state index < -0.39 is 17.6 Å². The first kappa shape index (κ1) is 22.4. The van der Waals surface area contributed by atoms with E-state index in [0.717, 1.165) is 12.8 Å². The van der Waals surface area contributed by atoms with E-state index in [1.165, 1.54) is 0 Å². The third-order valence-corrected chi connectivity index (χ3v) is 4.25. The number of hydrogen-bond acceptors (Lipinski definition) is 5. The molecule has 0 radical (unpaired) electrons. The van der Waals surface area contributed by atoms with Gasteiger partial charge in [-0.15, -0.1) is 0 Å². The van der Waals surface area contributed by atoms with Crippen LogP contribution in [0.4, 0.5) is 0 Å². The highest BCUT2D eigenvalue weighted by molar-refractivity contribution is 5.98. The van der Waals surface area contributed by atoms with Crippen LogP contribution < -0.4 is 10.1 Å². The molecule has 1 aromatic heterocycles. The first-order valence-electron chi connectivity index (χ1n) is 9.88. The van der Waals surface area contributed by atoms with E-state index in [1.54, 1.807) is 31.5 Å². The third kappa shape index (κ3) is 6.59. The molecular weight excluding hydrogens is 368 g/mol. The number of methoxy groups -OCH3 is 1. The number of rotatable bonds is 8. The van der Waals surface area contributed by atoms with Crippen LogP contribution >= 0.6 is 0 Å². The number of pyridine rings is 1. The van der Waals surface area contributed by atoms with Gasteiger partial charge < -0.3 is 14.8 Å². The van der Waals surface area contributed by atoms with Crippen molar-refractivity contribution in [3.05, 3.63) is 48.2 Å². The normalized spacial score (nSPS) is 12.2. The highest BCUT2D eigenvalue weighted by Gasteiger charge is 2.27. The molecule has 2 rings (SSSR count). The number of benzene rings is 1. The Morgan fingerprint density at radius 1 is 1.17 bits per heavy atom. The van der Waals surface area contributed by atoms with Crippen LogP contribution in [0.3, 0.4) is 0 Å². The number of carbonyl (C=O) groups is 2. The van der Waals surface area contributed by atoms with Crippen molar-refractivity contribution in [2.75, 3.05) is 7.11 Å². The average molecular weight is 399 g/mol. The average Bonchev–Trinajstić information content (AvgIpc) is 2.69. The van der Waals surface area contributed by atoms with Crippen LogP contribution in [0.15, 0.2) is 42.6 Å². The minimum atomic E-state index is -0.693. The van der Waals surface area contributed by atoms with Crippen molar-refractivity contribution in [3.8, 4) is 17.0 Å². The second-order valence-corrected chi connectivity index (χ2v) is 7.83. The molecule has 0 bridgehead atoms. The Labute approximate surface area is 172 Å². The van der Waals surface area contributed by atoms with Crippen LogP contribution in [0.5, 0.6) is 5.75 Å². The molecule has 0 aliphatic heterocycles. The number of nitrogens with one attached hydrogen (secondary N) is 1. The molecule has 0 saturated carbocycles. The predicted molar refractivity (Wildman–Crippen MR) is 113 cm³/mol. The molecule has 1 aromatic carbocycles. The molecule has 1 atom stereocenters. The van der Waals surface area contributed by atoms with E-state index in [4.69, 9.17) is 9.47 Å². The highest BCUT2D eigenvalue weighted by Crippen LogP contribution is 2.29. The third-order valence-electron chi connectivity index (χ3n) is 4.25. The van der Waals surface area contributed by atoms with E-state index in [2.05, 4.69) is 10.3 Å². The van der Waals surface area contributed by atoms with Gasteiger partial charge in [0.2, 0.25) is 0 Å². The van der Waals surface area contributed by atoms with Gasteiger partial charge in [-0.25, -0.2) is 4.79 Å². The predicted octanol–water partition coefficient (Wildman–Crippen LogP) is 4.39. The summed E-state index contributed by atoms with van der Waals surface area (Å²) < 4.78 is 10.9. The molecule has 0 saturated heterocycles. The highest BCUT2D eigenvalue weighted by atomic mass is 16.6. The fourth-order valence-corrected chi connectivity index (χ4v) is 2.84. The van der Waals surface area contributed by atoms with Gasteiger partial charge >= 0.3 is 5.97 Å². The molecule has 1 N–H and O–H groups in total. The lowest BCUT2D eigenvalue weighted by molar-refractivity contribution is -0.157. The Hall–Kier alpha value is -2.89. The van der Waals surface area contributed by atoms with E-state index in [0.29, 0.717) is 29.0 Å². The monoisotopic (exact) mass is 398 g/mol. The minimum Gasteiger partial charge on any atom is -0.496 e. The number of aromatic nitrogens is 1. The second kappa shape index (κ2) is 10.0. The summed E-state index contributed by atoms with van der Waals surface area (Å²) >= 11 is 0. The van der Waals surface area contributed by atoms with Gasteiger partial charge in [-0.2, -0.15) is 0 Å². The van der Waals surface area contributed by atoms with Crippen LogP contribution in [0.25, 0.3) is 11.3 Å².